The molecule has 1 heterocycles. The highest BCUT2D eigenvalue weighted by Gasteiger charge is 2.13. The predicted octanol–water partition coefficient (Wildman–Crippen LogP) is 5.67. The molecular weight excluding hydrogens is 453 g/mol. The molecule has 1 aromatic heterocycles. The third-order valence-corrected chi connectivity index (χ3v) is 5.06. The van der Waals surface area contributed by atoms with Gasteiger partial charge in [0.2, 0.25) is 0 Å². The van der Waals surface area contributed by atoms with Gasteiger partial charge in [-0.3, -0.25) is 10.1 Å². The van der Waals surface area contributed by atoms with E-state index in [0.717, 1.165) is 26.2 Å². The lowest BCUT2D eigenvalue weighted by molar-refractivity contribution is -0.384. The Morgan fingerprint density at radius 3 is 2.52 bits per heavy atom. The minimum absolute atomic E-state index is 0.0296. The van der Waals surface area contributed by atoms with Gasteiger partial charge < -0.3 is 4.57 Å². The molecular formula is C21H16IN3O2. The number of nitro benzene ring substituents is 1. The fourth-order valence-corrected chi connectivity index (χ4v) is 3.40. The van der Waals surface area contributed by atoms with E-state index in [-0.39, 0.29) is 5.69 Å². The highest BCUT2D eigenvalue weighted by Crippen LogP contribution is 2.27. The Bertz CT molecular complexity index is 1090. The van der Waals surface area contributed by atoms with Crippen LogP contribution < -0.4 is 0 Å². The number of non-ortho nitro benzene ring substituents is 1. The van der Waals surface area contributed by atoms with Gasteiger partial charge in [0.1, 0.15) is 0 Å². The zero-order valence-electron chi connectivity index (χ0n) is 14.8. The Kier molecular flexibility index (Phi) is 5.42. The molecule has 6 heteroatoms. The topological polar surface area (TPSA) is 71.9 Å². The second-order valence-corrected chi connectivity index (χ2v) is 7.36. The highest BCUT2D eigenvalue weighted by atomic mass is 127. The summed E-state index contributed by atoms with van der Waals surface area (Å²) >= 11 is 2.27. The van der Waals surface area contributed by atoms with Crippen molar-refractivity contribution in [1.29, 1.82) is 5.26 Å². The van der Waals surface area contributed by atoms with Crippen LogP contribution in [0.2, 0.25) is 0 Å². The molecule has 3 rings (SSSR count). The van der Waals surface area contributed by atoms with Gasteiger partial charge in [-0.2, -0.15) is 5.26 Å². The maximum absolute atomic E-state index is 11.0. The summed E-state index contributed by atoms with van der Waals surface area (Å²) in [6, 6.07) is 18.5. The molecule has 0 amide bonds. The summed E-state index contributed by atoms with van der Waals surface area (Å²) in [5, 5.41) is 20.6. The van der Waals surface area contributed by atoms with Crippen molar-refractivity contribution in [2.45, 2.75) is 13.8 Å². The molecule has 134 valence electrons. The van der Waals surface area contributed by atoms with Crippen LogP contribution in [0.15, 0.2) is 54.6 Å². The first-order chi connectivity index (χ1) is 12.9. The normalized spacial score (nSPS) is 11.3. The van der Waals surface area contributed by atoms with Crippen LogP contribution in [0.4, 0.5) is 5.69 Å². The van der Waals surface area contributed by atoms with Crippen molar-refractivity contribution in [2.75, 3.05) is 0 Å². The van der Waals surface area contributed by atoms with Crippen LogP contribution in [0.3, 0.4) is 0 Å². The number of nitrogens with zero attached hydrogens (tertiary/aromatic N) is 3. The molecule has 0 aliphatic heterocycles. The summed E-state index contributed by atoms with van der Waals surface area (Å²) in [5.41, 5.74) is 4.92. The van der Waals surface area contributed by atoms with E-state index in [2.05, 4.69) is 45.4 Å². The lowest BCUT2D eigenvalue weighted by atomic mass is 10.0. The standard InChI is InChI=1S/C21H16IN3O2/c1-14-10-17(15(2)24(14)20-8-6-19(22)7-9-20)11-18(13-23)16-4-3-5-21(12-16)25(26)27/h3-12H,1-2H3/b18-11+. The molecule has 0 bridgehead atoms. The Morgan fingerprint density at radius 1 is 1.19 bits per heavy atom. The first kappa shape index (κ1) is 18.9. The Labute approximate surface area is 170 Å². The number of nitriles is 1. The van der Waals surface area contributed by atoms with Gasteiger partial charge >= 0.3 is 0 Å². The van der Waals surface area contributed by atoms with Crippen molar-refractivity contribution in [3.63, 3.8) is 0 Å². The van der Waals surface area contributed by atoms with Crippen LogP contribution in [-0.2, 0) is 0 Å². The molecule has 0 aliphatic carbocycles. The molecule has 2 aromatic carbocycles. The van der Waals surface area contributed by atoms with Crippen molar-refractivity contribution in [1.82, 2.24) is 4.57 Å². The molecule has 0 spiro atoms. The number of halogens is 1. The van der Waals surface area contributed by atoms with E-state index in [1.165, 1.54) is 12.1 Å². The number of aryl methyl sites for hydroxylation is 1. The molecule has 5 nitrogen and oxygen atoms in total. The van der Waals surface area contributed by atoms with E-state index >= 15 is 0 Å². The van der Waals surface area contributed by atoms with Gasteiger partial charge in [-0.1, -0.05) is 12.1 Å². The predicted molar refractivity (Wildman–Crippen MR) is 115 cm³/mol. The van der Waals surface area contributed by atoms with Gasteiger partial charge in [-0.05, 0) is 84.0 Å². The van der Waals surface area contributed by atoms with Crippen LogP contribution in [0.1, 0.15) is 22.5 Å². The number of rotatable bonds is 4. The zero-order valence-corrected chi connectivity index (χ0v) is 17.0. The summed E-state index contributed by atoms with van der Waals surface area (Å²) < 4.78 is 3.29. The van der Waals surface area contributed by atoms with E-state index in [9.17, 15) is 15.4 Å². The van der Waals surface area contributed by atoms with Gasteiger partial charge in [-0.25, -0.2) is 0 Å². The molecule has 3 aromatic rings. The quantitative estimate of drug-likeness (QED) is 0.214. The maximum Gasteiger partial charge on any atom is 0.270 e. The SMILES string of the molecule is Cc1cc(/C=C(\C#N)c2cccc([N+](=O)[O-])c2)c(C)n1-c1ccc(I)cc1. The average molecular weight is 469 g/mol. The molecule has 27 heavy (non-hydrogen) atoms. The Balaban J connectivity index is 2.07. The number of benzene rings is 2. The second kappa shape index (κ2) is 7.76. The summed E-state index contributed by atoms with van der Waals surface area (Å²) in [5.74, 6) is 0. The van der Waals surface area contributed by atoms with Crippen molar-refractivity contribution in [2.24, 2.45) is 0 Å². The monoisotopic (exact) mass is 469 g/mol. The Hall–Kier alpha value is -2.92. The Morgan fingerprint density at radius 2 is 1.89 bits per heavy atom. The first-order valence-corrected chi connectivity index (χ1v) is 9.30. The lowest BCUT2D eigenvalue weighted by Crippen LogP contribution is -1.99. The molecule has 0 N–H and O–H groups in total. The van der Waals surface area contributed by atoms with Crippen LogP contribution in [-0.4, -0.2) is 9.49 Å². The molecule has 0 radical (unpaired) electrons. The minimum Gasteiger partial charge on any atom is -0.318 e. The van der Waals surface area contributed by atoms with Crippen LogP contribution >= 0.6 is 22.6 Å². The van der Waals surface area contributed by atoms with E-state index in [0.29, 0.717) is 11.1 Å². The van der Waals surface area contributed by atoms with E-state index in [4.69, 9.17) is 0 Å². The molecule has 0 fully saturated rings. The van der Waals surface area contributed by atoms with Gasteiger partial charge in [0.25, 0.3) is 5.69 Å². The smallest absolute Gasteiger partial charge is 0.270 e. The van der Waals surface area contributed by atoms with Crippen molar-refractivity contribution in [3.8, 4) is 11.8 Å². The van der Waals surface area contributed by atoms with Crippen molar-refractivity contribution < 1.29 is 4.92 Å². The number of nitro groups is 1. The number of allylic oxidation sites excluding steroid dienone is 1. The number of hydrogen-bond acceptors (Lipinski definition) is 3. The zero-order chi connectivity index (χ0) is 19.6. The molecule has 0 unspecified atom stereocenters. The maximum atomic E-state index is 11.0. The molecule has 0 saturated heterocycles. The molecule has 0 saturated carbocycles. The number of aromatic nitrogens is 1. The van der Waals surface area contributed by atoms with Gasteiger partial charge in [-0.15, -0.1) is 0 Å². The van der Waals surface area contributed by atoms with Crippen molar-refractivity contribution >= 4 is 39.9 Å². The third kappa shape index (κ3) is 3.93. The lowest BCUT2D eigenvalue weighted by Gasteiger charge is -2.09. The largest absolute Gasteiger partial charge is 0.318 e. The molecule has 0 atom stereocenters. The second-order valence-electron chi connectivity index (χ2n) is 6.12. The van der Waals surface area contributed by atoms with Gasteiger partial charge in [0, 0.05) is 32.8 Å². The third-order valence-electron chi connectivity index (χ3n) is 4.34. The van der Waals surface area contributed by atoms with Crippen LogP contribution in [0.5, 0.6) is 0 Å². The summed E-state index contributed by atoms with van der Waals surface area (Å²) in [7, 11) is 0. The van der Waals surface area contributed by atoms with Gasteiger partial charge in [0.05, 0.1) is 16.6 Å². The van der Waals surface area contributed by atoms with E-state index in [1.54, 1.807) is 18.2 Å². The average Bonchev–Trinajstić information content (AvgIpc) is 2.94. The summed E-state index contributed by atoms with van der Waals surface area (Å²) in [6.45, 7) is 4.01. The summed E-state index contributed by atoms with van der Waals surface area (Å²) in [6.07, 6.45) is 1.78. The van der Waals surface area contributed by atoms with E-state index < -0.39 is 4.92 Å². The van der Waals surface area contributed by atoms with Crippen LogP contribution in [0, 0.1) is 38.9 Å². The fraction of sp³-hybridized carbons (Fsp3) is 0.0952. The van der Waals surface area contributed by atoms with E-state index in [1.807, 2.05) is 32.0 Å². The fourth-order valence-electron chi connectivity index (χ4n) is 3.04. The highest BCUT2D eigenvalue weighted by molar-refractivity contribution is 14.1. The van der Waals surface area contributed by atoms with Gasteiger partial charge in [0.15, 0.2) is 0 Å². The number of hydrogen-bond donors (Lipinski definition) is 0. The van der Waals surface area contributed by atoms with Crippen LogP contribution in [0.25, 0.3) is 17.3 Å². The molecule has 0 aliphatic rings. The van der Waals surface area contributed by atoms with Crippen molar-refractivity contribution in [3.05, 3.63) is 90.8 Å². The first-order valence-electron chi connectivity index (χ1n) is 8.22. The summed E-state index contributed by atoms with van der Waals surface area (Å²) in [4.78, 5) is 10.5. The minimum atomic E-state index is -0.457.